The number of hydrogen-bond acceptors (Lipinski definition) is 2. The van der Waals surface area contributed by atoms with Gasteiger partial charge in [0.25, 0.3) is 0 Å². The molecule has 0 spiro atoms. The minimum absolute atomic E-state index is 0.0612. The summed E-state index contributed by atoms with van der Waals surface area (Å²) in [6, 6.07) is 0. The minimum atomic E-state index is -0.0612. The zero-order valence-corrected chi connectivity index (χ0v) is 5.26. The summed E-state index contributed by atoms with van der Waals surface area (Å²) < 4.78 is 12.5. The van der Waals surface area contributed by atoms with Gasteiger partial charge in [0.05, 0.1) is 13.2 Å². The highest BCUT2D eigenvalue weighted by atomic mass is 16.5. The molecule has 1 aliphatic rings. The number of morpholine rings is 1. The highest BCUT2D eigenvalue weighted by Gasteiger charge is 2.05. The lowest BCUT2D eigenvalue weighted by Crippen LogP contribution is -2.35. The van der Waals surface area contributed by atoms with Gasteiger partial charge in [-0.25, -0.2) is 0 Å². The molecule has 0 aliphatic carbocycles. The molecule has 1 fully saturated rings. The van der Waals surface area contributed by atoms with Gasteiger partial charge >= 0.3 is 0 Å². The third kappa shape index (κ3) is 1.46. The predicted octanol–water partition coefficient (Wildman–Crippen LogP) is 0.339. The first-order chi connectivity index (χ1) is 4.30. The molecule has 0 bridgehead atoms. The van der Waals surface area contributed by atoms with Crippen molar-refractivity contribution < 1.29 is 6.11 Å². The Morgan fingerprint density at radius 3 is 2.62 bits per heavy atom. The van der Waals surface area contributed by atoms with Crippen LogP contribution < -0.4 is 0 Å². The van der Waals surface area contributed by atoms with E-state index in [1.54, 1.807) is 0 Å². The van der Waals surface area contributed by atoms with Crippen molar-refractivity contribution in [1.82, 2.24) is 4.90 Å². The minimum Gasteiger partial charge on any atom is -0.379 e. The van der Waals surface area contributed by atoms with Crippen LogP contribution in [0.4, 0.5) is 0 Å². The normalized spacial score (nSPS) is 29.4. The average molecular weight is 117 g/mol. The summed E-state index contributed by atoms with van der Waals surface area (Å²) >= 11 is 0. The van der Waals surface area contributed by atoms with Crippen molar-refractivity contribution in [3.8, 4) is 0 Å². The maximum atomic E-state index is 7.34. The van der Waals surface area contributed by atoms with E-state index >= 15 is 0 Å². The summed E-state index contributed by atoms with van der Waals surface area (Å²) in [4.78, 5) is 2.10. The van der Waals surface area contributed by atoms with Crippen LogP contribution in [0.5, 0.6) is 0 Å². The van der Waals surface area contributed by atoms with E-state index in [0.717, 1.165) is 26.3 Å². The SMILES string of the molecule is [3H][C@H](C)N1CCOCC1. The Labute approximate surface area is 51.8 Å². The Balaban J connectivity index is 2.23. The molecule has 1 atom stereocenters. The van der Waals surface area contributed by atoms with Crippen LogP contribution in [0, 0.1) is 0 Å². The van der Waals surface area contributed by atoms with Gasteiger partial charge in [-0.05, 0) is 6.52 Å². The number of likely N-dealkylation sites (N-methyl/N-ethyl adjacent to an activating group) is 1. The van der Waals surface area contributed by atoms with E-state index in [9.17, 15) is 0 Å². The molecule has 0 amide bonds. The van der Waals surface area contributed by atoms with Crippen LogP contribution in [0.2, 0.25) is 0 Å². The second-order valence-electron chi connectivity index (χ2n) is 1.91. The number of nitrogens with zero attached hydrogens (tertiary/aromatic N) is 1. The lowest BCUT2D eigenvalue weighted by atomic mass is 10.4. The second kappa shape index (κ2) is 3.05. The van der Waals surface area contributed by atoms with Gasteiger partial charge in [-0.1, -0.05) is 6.92 Å². The van der Waals surface area contributed by atoms with Crippen molar-refractivity contribution in [2.75, 3.05) is 32.8 Å². The maximum absolute atomic E-state index is 7.34. The zero-order chi connectivity index (χ0) is 6.69. The van der Waals surface area contributed by atoms with Crippen molar-refractivity contribution in [1.29, 1.82) is 0 Å². The van der Waals surface area contributed by atoms with E-state index in [0.29, 0.717) is 0 Å². The van der Waals surface area contributed by atoms with Gasteiger partial charge in [0.1, 0.15) is 0 Å². The van der Waals surface area contributed by atoms with Crippen molar-refractivity contribution >= 4 is 0 Å². The molecule has 1 heterocycles. The lowest BCUT2D eigenvalue weighted by molar-refractivity contribution is 0.0405. The van der Waals surface area contributed by atoms with E-state index in [-0.39, 0.29) is 6.52 Å². The maximum Gasteiger partial charge on any atom is 0.0594 e. The fraction of sp³-hybridized carbons (Fsp3) is 1.00. The standard InChI is InChI=1S/C6H13NO/c1-2-7-3-5-8-6-4-7/h2-6H2,1H3/i2T/t2-/m1/s1. The molecule has 0 aromatic carbocycles. The first kappa shape index (κ1) is 4.77. The largest absolute Gasteiger partial charge is 0.379 e. The van der Waals surface area contributed by atoms with Crippen LogP contribution in [0.1, 0.15) is 8.29 Å². The van der Waals surface area contributed by atoms with Crippen LogP contribution >= 0.6 is 0 Å². The Hall–Kier alpha value is -0.0800. The van der Waals surface area contributed by atoms with Crippen LogP contribution in [0.15, 0.2) is 0 Å². The quantitative estimate of drug-likeness (QED) is 0.491. The zero-order valence-electron chi connectivity index (χ0n) is 6.26. The smallest absolute Gasteiger partial charge is 0.0594 e. The number of ether oxygens (including phenoxy) is 1. The fourth-order valence-corrected chi connectivity index (χ4v) is 0.836. The number of hydrogen-bond donors (Lipinski definition) is 0. The Morgan fingerprint density at radius 1 is 1.62 bits per heavy atom. The van der Waals surface area contributed by atoms with E-state index in [1.807, 2.05) is 6.92 Å². The molecule has 48 valence electrons. The Kier molecular flexibility index (Phi) is 1.82. The first-order valence-corrected chi connectivity index (χ1v) is 3.05. The molecule has 1 saturated heterocycles. The summed E-state index contributed by atoms with van der Waals surface area (Å²) in [7, 11) is 0. The Bertz CT molecular complexity index is 81.1. The molecule has 2 heteroatoms. The highest BCUT2D eigenvalue weighted by molar-refractivity contribution is 4.57. The second-order valence-corrected chi connectivity index (χ2v) is 1.91. The molecule has 0 saturated carbocycles. The van der Waals surface area contributed by atoms with Crippen LogP contribution in [-0.2, 0) is 4.74 Å². The lowest BCUT2D eigenvalue weighted by Gasteiger charge is -2.24. The fourth-order valence-electron chi connectivity index (χ4n) is 0.836. The predicted molar refractivity (Wildman–Crippen MR) is 32.9 cm³/mol. The van der Waals surface area contributed by atoms with Gasteiger partial charge in [-0.15, -0.1) is 0 Å². The molecule has 2 nitrogen and oxygen atoms in total. The molecule has 1 rings (SSSR count). The molecule has 0 radical (unpaired) electrons. The third-order valence-corrected chi connectivity index (χ3v) is 1.41. The summed E-state index contributed by atoms with van der Waals surface area (Å²) in [5, 5.41) is 0. The van der Waals surface area contributed by atoms with Gasteiger partial charge in [-0.3, -0.25) is 4.90 Å². The van der Waals surface area contributed by atoms with Crippen molar-refractivity contribution in [2.24, 2.45) is 0 Å². The Morgan fingerprint density at radius 2 is 2.25 bits per heavy atom. The molecule has 1 aliphatic heterocycles. The summed E-state index contributed by atoms with van der Waals surface area (Å²) in [6.07, 6.45) is 0. The molecule has 0 aromatic rings. The summed E-state index contributed by atoms with van der Waals surface area (Å²) in [6.45, 7) is 5.27. The highest BCUT2D eigenvalue weighted by Crippen LogP contribution is 1.93. The molecule has 0 N–H and O–H groups in total. The van der Waals surface area contributed by atoms with E-state index < -0.39 is 0 Å². The van der Waals surface area contributed by atoms with Crippen molar-refractivity contribution in [3.63, 3.8) is 0 Å². The molecule has 8 heavy (non-hydrogen) atoms. The van der Waals surface area contributed by atoms with Gasteiger partial charge in [0.2, 0.25) is 0 Å². The van der Waals surface area contributed by atoms with Crippen LogP contribution in [-0.4, -0.2) is 37.7 Å². The molecule has 0 unspecified atom stereocenters. The molecular formula is C6H13NO. The topological polar surface area (TPSA) is 12.5 Å². The van der Waals surface area contributed by atoms with Crippen LogP contribution in [0.3, 0.4) is 0 Å². The average Bonchev–Trinajstić information content (AvgIpc) is 1.90. The first-order valence-electron chi connectivity index (χ1n) is 3.62. The van der Waals surface area contributed by atoms with Crippen LogP contribution in [0.25, 0.3) is 0 Å². The summed E-state index contributed by atoms with van der Waals surface area (Å²) in [5.41, 5.74) is 0. The van der Waals surface area contributed by atoms with Crippen molar-refractivity contribution in [3.05, 3.63) is 0 Å². The van der Waals surface area contributed by atoms with Gasteiger partial charge in [0.15, 0.2) is 0 Å². The molecular weight excluding hydrogens is 102 g/mol. The van der Waals surface area contributed by atoms with Gasteiger partial charge in [0, 0.05) is 14.5 Å². The number of rotatable bonds is 1. The van der Waals surface area contributed by atoms with E-state index in [1.165, 1.54) is 0 Å². The third-order valence-electron chi connectivity index (χ3n) is 1.41. The van der Waals surface area contributed by atoms with Gasteiger partial charge in [-0.2, -0.15) is 0 Å². The monoisotopic (exact) mass is 117 g/mol. The molecule has 0 aromatic heterocycles. The van der Waals surface area contributed by atoms with E-state index in [2.05, 4.69) is 4.90 Å². The van der Waals surface area contributed by atoms with E-state index in [4.69, 9.17) is 6.11 Å². The summed E-state index contributed by atoms with van der Waals surface area (Å²) in [5.74, 6) is 0. The van der Waals surface area contributed by atoms with Crippen molar-refractivity contribution in [2.45, 2.75) is 6.92 Å². The van der Waals surface area contributed by atoms with Gasteiger partial charge < -0.3 is 4.74 Å².